The molecule has 0 saturated carbocycles. The SMILES string of the molecule is CC(=O)O[C@@H](C)C(=O)N1C[C@H](O)C[C@H]1C(=O)NCc1ccc(C(C)=C(C)C)cc1. The molecule has 1 aliphatic heterocycles. The Morgan fingerprint density at radius 3 is 2.34 bits per heavy atom. The molecule has 2 amide bonds. The molecule has 1 saturated heterocycles. The van der Waals surface area contributed by atoms with Crippen LogP contribution in [0.4, 0.5) is 0 Å². The van der Waals surface area contributed by atoms with Crippen LogP contribution >= 0.6 is 0 Å². The number of nitrogens with one attached hydrogen (secondary N) is 1. The predicted octanol–water partition coefficient (Wildman–Crippen LogP) is 2.03. The van der Waals surface area contributed by atoms with E-state index in [0.29, 0.717) is 6.54 Å². The molecular weight excluding hydrogens is 372 g/mol. The van der Waals surface area contributed by atoms with E-state index in [9.17, 15) is 19.5 Å². The number of benzene rings is 1. The van der Waals surface area contributed by atoms with Crippen LogP contribution < -0.4 is 5.32 Å². The van der Waals surface area contributed by atoms with E-state index in [0.717, 1.165) is 11.1 Å². The van der Waals surface area contributed by atoms with E-state index in [4.69, 9.17) is 4.74 Å². The number of esters is 1. The summed E-state index contributed by atoms with van der Waals surface area (Å²) in [6.45, 7) is 9.24. The second-order valence-electron chi connectivity index (χ2n) is 7.69. The Morgan fingerprint density at radius 2 is 1.79 bits per heavy atom. The van der Waals surface area contributed by atoms with Gasteiger partial charge in [0, 0.05) is 26.4 Å². The maximum atomic E-state index is 12.7. The number of rotatable bonds is 6. The molecule has 7 heteroatoms. The molecule has 0 bridgehead atoms. The first-order valence-electron chi connectivity index (χ1n) is 9.77. The van der Waals surface area contributed by atoms with Crippen LogP contribution in [-0.2, 0) is 25.7 Å². The lowest BCUT2D eigenvalue weighted by Gasteiger charge is -2.26. The number of aliphatic hydroxyl groups excluding tert-OH is 1. The largest absolute Gasteiger partial charge is 0.453 e. The van der Waals surface area contributed by atoms with Crippen molar-refractivity contribution in [2.24, 2.45) is 0 Å². The van der Waals surface area contributed by atoms with Crippen molar-refractivity contribution in [2.45, 2.75) is 65.8 Å². The molecule has 1 aromatic rings. The fourth-order valence-electron chi connectivity index (χ4n) is 3.31. The molecule has 7 nitrogen and oxygen atoms in total. The van der Waals surface area contributed by atoms with Crippen molar-refractivity contribution in [2.75, 3.05) is 6.54 Å². The Balaban J connectivity index is 2.00. The highest BCUT2D eigenvalue weighted by Gasteiger charge is 2.40. The first-order chi connectivity index (χ1) is 13.6. The second kappa shape index (κ2) is 9.69. The van der Waals surface area contributed by atoms with Crippen LogP contribution in [0.3, 0.4) is 0 Å². The Bertz CT molecular complexity index is 796. The summed E-state index contributed by atoms with van der Waals surface area (Å²) < 4.78 is 4.92. The van der Waals surface area contributed by atoms with Crippen LogP contribution in [0, 0.1) is 0 Å². The van der Waals surface area contributed by atoms with Gasteiger partial charge in [-0.15, -0.1) is 0 Å². The van der Waals surface area contributed by atoms with E-state index in [-0.39, 0.29) is 18.9 Å². The first-order valence-corrected chi connectivity index (χ1v) is 9.77. The number of allylic oxidation sites excluding steroid dienone is 2. The number of nitrogens with zero attached hydrogens (tertiary/aromatic N) is 1. The second-order valence-corrected chi connectivity index (χ2v) is 7.69. The maximum Gasteiger partial charge on any atom is 0.303 e. The van der Waals surface area contributed by atoms with Crippen LogP contribution in [-0.4, -0.2) is 52.6 Å². The van der Waals surface area contributed by atoms with E-state index in [1.54, 1.807) is 0 Å². The number of likely N-dealkylation sites (tertiary alicyclic amines) is 1. The van der Waals surface area contributed by atoms with Gasteiger partial charge in [0.25, 0.3) is 5.91 Å². The van der Waals surface area contributed by atoms with Crippen molar-refractivity contribution in [3.8, 4) is 0 Å². The van der Waals surface area contributed by atoms with Crippen molar-refractivity contribution in [1.82, 2.24) is 10.2 Å². The number of aliphatic hydroxyl groups is 1. The molecule has 1 heterocycles. The van der Waals surface area contributed by atoms with E-state index < -0.39 is 30.1 Å². The van der Waals surface area contributed by atoms with Crippen LogP contribution in [0.2, 0.25) is 0 Å². The topological polar surface area (TPSA) is 95.9 Å². The Labute approximate surface area is 171 Å². The molecule has 158 valence electrons. The Hall–Kier alpha value is -2.67. The Morgan fingerprint density at radius 1 is 1.17 bits per heavy atom. The average Bonchev–Trinajstić information content (AvgIpc) is 3.06. The van der Waals surface area contributed by atoms with Gasteiger partial charge in [-0.05, 0) is 44.4 Å². The third kappa shape index (κ3) is 5.90. The van der Waals surface area contributed by atoms with Crippen molar-refractivity contribution in [3.63, 3.8) is 0 Å². The summed E-state index contributed by atoms with van der Waals surface area (Å²) in [7, 11) is 0. The lowest BCUT2D eigenvalue weighted by molar-refractivity contribution is -0.158. The van der Waals surface area contributed by atoms with Gasteiger partial charge in [0.15, 0.2) is 6.10 Å². The van der Waals surface area contributed by atoms with Crippen molar-refractivity contribution in [3.05, 3.63) is 41.0 Å². The first kappa shape index (κ1) is 22.6. The molecule has 0 radical (unpaired) electrons. The highest BCUT2D eigenvalue weighted by atomic mass is 16.5. The minimum atomic E-state index is -1.00. The minimum Gasteiger partial charge on any atom is -0.453 e. The van der Waals surface area contributed by atoms with Gasteiger partial charge in [-0.25, -0.2) is 0 Å². The summed E-state index contributed by atoms with van der Waals surface area (Å²) in [6.07, 6.45) is -1.63. The maximum absolute atomic E-state index is 12.7. The highest BCUT2D eigenvalue weighted by molar-refractivity contribution is 5.90. The number of carbonyl (C=O) groups is 3. The summed E-state index contributed by atoms with van der Waals surface area (Å²) in [4.78, 5) is 37.6. The minimum absolute atomic E-state index is 0.0409. The van der Waals surface area contributed by atoms with Crippen molar-refractivity contribution in [1.29, 1.82) is 0 Å². The zero-order valence-corrected chi connectivity index (χ0v) is 17.7. The zero-order valence-electron chi connectivity index (χ0n) is 17.7. The van der Waals surface area contributed by atoms with Gasteiger partial charge in [0.1, 0.15) is 6.04 Å². The smallest absolute Gasteiger partial charge is 0.303 e. The highest BCUT2D eigenvalue weighted by Crippen LogP contribution is 2.21. The van der Waals surface area contributed by atoms with E-state index >= 15 is 0 Å². The number of hydrogen-bond donors (Lipinski definition) is 2. The molecule has 1 aromatic carbocycles. The molecule has 1 aliphatic rings. The van der Waals surface area contributed by atoms with Crippen LogP contribution in [0.15, 0.2) is 29.8 Å². The zero-order chi connectivity index (χ0) is 21.7. The predicted molar refractivity (Wildman–Crippen MR) is 110 cm³/mol. The Kier molecular flexibility index (Phi) is 7.56. The van der Waals surface area contributed by atoms with Gasteiger partial charge < -0.3 is 20.1 Å². The molecule has 29 heavy (non-hydrogen) atoms. The molecule has 0 unspecified atom stereocenters. The number of carbonyl (C=O) groups excluding carboxylic acids is 3. The average molecular weight is 402 g/mol. The molecule has 1 fully saturated rings. The molecule has 2 N–H and O–H groups in total. The van der Waals surface area contributed by atoms with Gasteiger partial charge in [0.05, 0.1) is 6.10 Å². The van der Waals surface area contributed by atoms with E-state index in [2.05, 4.69) is 26.1 Å². The van der Waals surface area contributed by atoms with Crippen LogP contribution in [0.5, 0.6) is 0 Å². The summed E-state index contributed by atoms with van der Waals surface area (Å²) in [5, 5.41) is 12.8. The molecule has 0 aromatic heterocycles. The fourth-order valence-corrected chi connectivity index (χ4v) is 3.31. The molecule has 2 rings (SSSR count). The normalized spacial score (nSPS) is 19.4. The van der Waals surface area contributed by atoms with Crippen molar-refractivity contribution < 1.29 is 24.2 Å². The van der Waals surface area contributed by atoms with Gasteiger partial charge >= 0.3 is 5.97 Å². The number of hydrogen-bond acceptors (Lipinski definition) is 5. The van der Waals surface area contributed by atoms with E-state index in [1.165, 1.54) is 29.9 Å². The van der Waals surface area contributed by atoms with Gasteiger partial charge in [-0.3, -0.25) is 14.4 Å². The van der Waals surface area contributed by atoms with Crippen LogP contribution in [0.25, 0.3) is 5.57 Å². The number of β-amino-alcohol motifs (C(OH)–C–C–N with tert-alkyl or cyclic N) is 1. The summed E-state index contributed by atoms with van der Waals surface area (Å²) >= 11 is 0. The van der Waals surface area contributed by atoms with E-state index in [1.807, 2.05) is 24.3 Å². The van der Waals surface area contributed by atoms with Crippen LogP contribution in [0.1, 0.15) is 52.2 Å². The molecule has 0 spiro atoms. The summed E-state index contributed by atoms with van der Waals surface area (Å²) in [5.41, 5.74) is 4.54. The summed E-state index contributed by atoms with van der Waals surface area (Å²) in [6, 6.07) is 7.15. The third-order valence-corrected chi connectivity index (χ3v) is 5.16. The molecular formula is C22H30N2O5. The standard InChI is InChI=1S/C22H30N2O5/c1-13(2)14(3)18-8-6-17(7-9-18)11-23-21(27)20-10-19(26)12-24(20)22(28)15(4)29-16(5)25/h6-9,15,19-20,26H,10-12H2,1-5H3,(H,23,27)/t15-,19+,20-/m0/s1. The quantitative estimate of drug-likeness (QED) is 0.710. The van der Waals surface area contributed by atoms with Gasteiger partial charge in [-0.2, -0.15) is 0 Å². The number of amides is 2. The molecule has 0 aliphatic carbocycles. The lowest BCUT2D eigenvalue weighted by Crippen LogP contribution is -2.49. The monoisotopic (exact) mass is 402 g/mol. The van der Waals surface area contributed by atoms with Crippen molar-refractivity contribution >= 4 is 23.4 Å². The fraction of sp³-hybridized carbons (Fsp3) is 0.500. The molecule has 3 atom stereocenters. The third-order valence-electron chi connectivity index (χ3n) is 5.16. The van der Waals surface area contributed by atoms with Gasteiger partial charge in [0.2, 0.25) is 5.91 Å². The van der Waals surface area contributed by atoms with Gasteiger partial charge in [-0.1, -0.05) is 29.8 Å². The number of ether oxygens (including phenoxy) is 1. The lowest BCUT2D eigenvalue weighted by atomic mass is 10.0. The summed E-state index contributed by atoms with van der Waals surface area (Å²) in [5.74, 6) is -1.40.